The molecule has 0 aromatic heterocycles. The fraction of sp³-hybridized carbons (Fsp3) is 0.562. The maximum absolute atomic E-state index is 13.9. The highest BCUT2D eigenvalue weighted by Gasteiger charge is 2.54. The van der Waals surface area contributed by atoms with Gasteiger partial charge in [0.1, 0.15) is 11.8 Å². The van der Waals surface area contributed by atoms with E-state index in [0.717, 1.165) is 29.7 Å². The van der Waals surface area contributed by atoms with Crippen molar-refractivity contribution in [1.29, 1.82) is 0 Å². The molecule has 1 aliphatic carbocycles. The highest BCUT2D eigenvalue weighted by molar-refractivity contribution is 6.48. The van der Waals surface area contributed by atoms with Crippen molar-refractivity contribution >= 4 is 18.9 Å². The average molecular weight is 549 g/mol. The Hall–Kier alpha value is -2.84. The number of amides is 2. The molecule has 40 heavy (non-hydrogen) atoms. The van der Waals surface area contributed by atoms with Gasteiger partial charge < -0.3 is 24.7 Å². The number of benzene rings is 2. The zero-order valence-corrected chi connectivity index (χ0v) is 25.1. The van der Waals surface area contributed by atoms with Crippen molar-refractivity contribution in [1.82, 2.24) is 10.6 Å². The molecule has 2 aromatic rings. The van der Waals surface area contributed by atoms with Gasteiger partial charge >= 0.3 is 7.12 Å². The molecular weight excluding hydrogens is 503 g/mol. The average Bonchev–Trinajstić information content (AvgIpc) is 3.13. The van der Waals surface area contributed by atoms with Crippen molar-refractivity contribution in [3.63, 3.8) is 0 Å². The molecule has 0 saturated carbocycles. The van der Waals surface area contributed by atoms with E-state index >= 15 is 0 Å². The molecular formula is C32H45BN2O5. The molecule has 1 aliphatic heterocycles. The highest BCUT2D eigenvalue weighted by atomic mass is 16.7. The molecule has 3 atom stereocenters. The van der Waals surface area contributed by atoms with Crippen molar-refractivity contribution in [3.05, 3.63) is 65.2 Å². The summed E-state index contributed by atoms with van der Waals surface area (Å²) in [6.45, 7) is 12.3. The van der Waals surface area contributed by atoms with Gasteiger partial charge in [0.2, 0.25) is 11.8 Å². The molecule has 4 rings (SSSR count). The second-order valence-corrected chi connectivity index (χ2v) is 12.7. The van der Waals surface area contributed by atoms with Crippen LogP contribution >= 0.6 is 0 Å². The lowest BCUT2D eigenvalue weighted by Crippen LogP contribution is -2.56. The summed E-state index contributed by atoms with van der Waals surface area (Å²) in [6.07, 6.45) is 3.28. The molecule has 1 fully saturated rings. The van der Waals surface area contributed by atoms with Gasteiger partial charge in [-0.3, -0.25) is 9.59 Å². The first-order valence-electron chi connectivity index (χ1n) is 14.5. The van der Waals surface area contributed by atoms with E-state index in [1.807, 2.05) is 70.2 Å². The molecule has 1 heterocycles. The molecule has 0 bridgehead atoms. The maximum Gasteiger partial charge on any atom is 0.481 e. The minimum atomic E-state index is -0.723. The topological polar surface area (TPSA) is 85.9 Å². The molecule has 2 aromatic carbocycles. The SMILES string of the molecule is COc1ccc2c(c1)CC(C(=O)N[C@@H](Cc1ccccc1)C(=O)N[C@@H](CC(C)C)B1OC(C)(C)C(C)(C)O1)CC2. The lowest BCUT2D eigenvalue weighted by Gasteiger charge is -2.32. The summed E-state index contributed by atoms with van der Waals surface area (Å²) in [4.78, 5) is 27.5. The van der Waals surface area contributed by atoms with Gasteiger partial charge in [-0.15, -0.1) is 0 Å². The van der Waals surface area contributed by atoms with E-state index in [1.165, 1.54) is 5.56 Å². The normalized spacial score (nSPS) is 20.9. The van der Waals surface area contributed by atoms with Crippen LogP contribution in [0.1, 0.15) is 71.1 Å². The van der Waals surface area contributed by atoms with E-state index in [9.17, 15) is 9.59 Å². The van der Waals surface area contributed by atoms with E-state index in [0.29, 0.717) is 25.2 Å². The zero-order chi connectivity index (χ0) is 29.1. The van der Waals surface area contributed by atoms with Gasteiger partial charge in [-0.25, -0.2) is 0 Å². The van der Waals surface area contributed by atoms with E-state index in [2.05, 4.69) is 30.5 Å². The van der Waals surface area contributed by atoms with Gasteiger partial charge in [0.15, 0.2) is 0 Å². The Morgan fingerprint density at radius 1 is 1.00 bits per heavy atom. The third kappa shape index (κ3) is 7.08. The number of ether oxygens (including phenoxy) is 1. The first-order valence-corrected chi connectivity index (χ1v) is 14.5. The fourth-order valence-electron chi connectivity index (χ4n) is 5.52. The molecule has 7 nitrogen and oxygen atoms in total. The standard InChI is InChI=1S/C32H45BN2O5/c1-21(2)17-28(33-39-31(3,4)32(5,6)40-33)35-30(37)27(18-22-11-9-8-10-12-22)34-29(36)24-14-13-23-15-16-26(38-7)20-25(23)19-24/h8-12,15-16,20-21,24,27-28H,13-14,17-19H2,1-7H3,(H,34,36)(H,35,37)/t24?,27-,28-/m0/s1. The van der Waals surface area contributed by atoms with Crippen LogP contribution in [0.3, 0.4) is 0 Å². The lowest BCUT2D eigenvalue weighted by atomic mass is 9.73. The molecule has 0 spiro atoms. The monoisotopic (exact) mass is 548 g/mol. The molecule has 8 heteroatoms. The van der Waals surface area contributed by atoms with Gasteiger partial charge in [0.05, 0.1) is 24.3 Å². The van der Waals surface area contributed by atoms with Gasteiger partial charge in [-0.05, 0) is 88.1 Å². The van der Waals surface area contributed by atoms with Crippen LogP contribution in [0.15, 0.2) is 48.5 Å². The predicted octanol–water partition coefficient (Wildman–Crippen LogP) is 4.69. The van der Waals surface area contributed by atoms with Crippen LogP contribution in [0.25, 0.3) is 0 Å². The van der Waals surface area contributed by atoms with Gasteiger partial charge in [0, 0.05) is 12.3 Å². The summed E-state index contributed by atoms with van der Waals surface area (Å²) in [5.74, 6) is 0.222. The number of carbonyl (C=O) groups is 2. The van der Waals surface area contributed by atoms with Crippen LogP contribution in [0.5, 0.6) is 5.75 Å². The second kappa shape index (κ2) is 12.4. The number of aryl methyl sites for hydroxylation is 1. The Bertz CT molecular complexity index is 1170. The highest BCUT2D eigenvalue weighted by Crippen LogP contribution is 2.38. The Kier molecular flexibility index (Phi) is 9.31. The molecule has 2 N–H and O–H groups in total. The summed E-state index contributed by atoms with van der Waals surface area (Å²) in [5.41, 5.74) is 2.36. The molecule has 2 amide bonds. The van der Waals surface area contributed by atoms with E-state index in [-0.39, 0.29) is 23.7 Å². The van der Waals surface area contributed by atoms with E-state index in [1.54, 1.807) is 7.11 Å². The molecule has 2 aliphatic rings. The van der Waals surface area contributed by atoms with Gasteiger partial charge in [-0.1, -0.05) is 50.2 Å². The molecule has 0 radical (unpaired) electrons. The summed E-state index contributed by atoms with van der Waals surface area (Å²) in [6, 6.07) is 15.1. The minimum absolute atomic E-state index is 0.0967. The number of carbonyl (C=O) groups excluding carboxylic acids is 2. The Balaban J connectivity index is 1.51. The number of fused-ring (bicyclic) bond motifs is 1. The van der Waals surface area contributed by atoms with E-state index in [4.69, 9.17) is 14.0 Å². The summed E-state index contributed by atoms with van der Waals surface area (Å²) < 4.78 is 18.0. The van der Waals surface area contributed by atoms with E-state index < -0.39 is 24.4 Å². The summed E-state index contributed by atoms with van der Waals surface area (Å²) >= 11 is 0. The summed E-state index contributed by atoms with van der Waals surface area (Å²) in [5, 5.41) is 6.32. The molecule has 216 valence electrons. The number of rotatable bonds is 10. The lowest BCUT2D eigenvalue weighted by molar-refractivity contribution is -0.131. The van der Waals surface area contributed by atoms with Crippen LogP contribution in [-0.2, 0) is 38.2 Å². The Morgan fingerprint density at radius 3 is 2.30 bits per heavy atom. The number of methoxy groups -OCH3 is 1. The third-order valence-electron chi connectivity index (χ3n) is 8.58. The number of hydrogen-bond donors (Lipinski definition) is 2. The molecule has 1 saturated heterocycles. The smallest absolute Gasteiger partial charge is 0.481 e. The van der Waals surface area contributed by atoms with Gasteiger partial charge in [-0.2, -0.15) is 0 Å². The Labute approximate surface area is 239 Å². The first-order chi connectivity index (χ1) is 18.9. The summed E-state index contributed by atoms with van der Waals surface area (Å²) in [7, 11) is 1.08. The predicted molar refractivity (Wildman–Crippen MR) is 158 cm³/mol. The van der Waals surface area contributed by atoms with Crippen LogP contribution in [0, 0.1) is 11.8 Å². The first kappa shape index (κ1) is 30.1. The van der Waals surface area contributed by atoms with Crippen LogP contribution in [0.2, 0.25) is 0 Å². The zero-order valence-electron chi connectivity index (χ0n) is 25.1. The van der Waals surface area contributed by atoms with Crippen molar-refractivity contribution in [3.8, 4) is 5.75 Å². The Morgan fingerprint density at radius 2 is 1.68 bits per heavy atom. The van der Waals surface area contributed by atoms with Crippen LogP contribution < -0.4 is 15.4 Å². The minimum Gasteiger partial charge on any atom is -0.497 e. The van der Waals surface area contributed by atoms with Crippen molar-refractivity contribution < 1.29 is 23.6 Å². The number of hydrogen-bond acceptors (Lipinski definition) is 5. The quantitative estimate of drug-likeness (QED) is 0.421. The van der Waals surface area contributed by atoms with Crippen LogP contribution in [0.4, 0.5) is 0 Å². The maximum atomic E-state index is 13.9. The number of nitrogens with one attached hydrogen (secondary N) is 2. The van der Waals surface area contributed by atoms with Crippen LogP contribution in [-0.4, -0.2) is 49.2 Å². The second-order valence-electron chi connectivity index (χ2n) is 12.7. The fourth-order valence-corrected chi connectivity index (χ4v) is 5.52. The molecule has 1 unspecified atom stereocenters. The van der Waals surface area contributed by atoms with Crippen molar-refractivity contribution in [2.45, 2.75) is 96.8 Å². The van der Waals surface area contributed by atoms with Crippen molar-refractivity contribution in [2.24, 2.45) is 11.8 Å². The third-order valence-corrected chi connectivity index (χ3v) is 8.58. The van der Waals surface area contributed by atoms with Gasteiger partial charge in [0.25, 0.3) is 0 Å². The van der Waals surface area contributed by atoms with Crippen molar-refractivity contribution in [2.75, 3.05) is 7.11 Å². The largest absolute Gasteiger partial charge is 0.497 e.